The van der Waals surface area contributed by atoms with Crippen molar-refractivity contribution < 1.29 is 0 Å². The Labute approximate surface area is 115 Å². The first-order valence-corrected chi connectivity index (χ1v) is 7.69. The minimum Gasteiger partial charge on any atom is -0.0654 e. The summed E-state index contributed by atoms with van der Waals surface area (Å²) in [7, 11) is 0. The van der Waals surface area contributed by atoms with E-state index in [1.165, 1.54) is 49.7 Å². The van der Waals surface area contributed by atoms with E-state index in [2.05, 4.69) is 58.9 Å². The molecule has 0 radical (unpaired) electrons. The maximum Gasteiger partial charge on any atom is -0.0281 e. The molecule has 0 fully saturated rings. The van der Waals surface area contributed by atoms with Gasteiger partial charge in [0.15, 0.2) is 0 Å². The van der Waals surface area contributed by atoms with Gasteiger partial charge >= 0.3 is 0 Å². The third-order valence-corrected chi connectivity index (χ3v) is 3.22. The molecule has 0 saturated carbocycles. The highest BCUT2D eigenvalue weighted by Crippen LogP contribution is 2.10. The maximum atomic E-state index is 2.34. The maximum absolute atomic E-state index is 2.34. The van der Waals surface area contributed by atoms with Gasteiger partial charge in [0, 0.05) is 0 Å². The first-order valence-electron chi connectivity index (χ1n) is 7.69. The second-order valence-corrected chi connectivity index (χ2v) is 5.42. The monoisotopic (exact) mass is 248 g/mol. The number of rotatable bonds is 6. The highest BCUT2D eigenvalue weighted by Gasteiger charge is 1.95. The van der Waals surface area contributed by atoms with Crippen LogP contribution >= 0.6 is 0 Å². The molecule has 0 aliphatic carbocycles. The van der Waals surface area contributed by atoms with Crippen LogP contribution in [-0.4, -0.2) is 0 Å². The van der Waals surface area contributed by atoms with Crippen LogP contribution in [0.3, 0.4) is 0 Å². The Hall–Kier alpha value is -0.780. The predicted molar refractivity (Wildman–Crippen MR) is 84.2 cm³/mol. The average molecular weight is 248 g/mol. The molecule has 1 aromatic rings. The van der Waals surface area contributed by atoms with Crippen LogP contribution in [0.15, 0.2) is 24.3 Å². The number of hydrogen-bond acceptors (Lipinski definition) is 0. The van der Waals surface area contributed by atoms with E-state index in [-0.39, 0.29) is 0 Å². The molecule has 0 amide bonds. The Morgan fingerprint density at radius 1 is 0.833 bits per heavy atom. The fraction of sp³-hybridized carbons (Fsp3) is 0.667. The summed E-state index contributed by atoms with van der Waals surface area (Å²) < 4.78 is 0. The molecular weight excluding hydrogens is 216 g/mol. The van der Waals surface area contributed by atoms with Crippen LogP contribution in [0.2, 0.25) is 0 Å². The van der Waals surface area contributed by atoms with Crippen molar-refractivity contribution in [2.24, 2.45) is 5.92 Å². The molecule has 104 valence electrons. The highest BCUT2D eigenvalue weighted by molar-refractivity contribution is 5.21. The average Bonchev–Trinajstić information content (AvgIpc) is 2.34. The van der Waals surface area contributed by atoms with Gasteiger partial charge in [-0.3, -0.25) is 0 Å². The molecule has 0 bridgehead atoms. The molecule has 0 atom stereocenters. The third-order valence-electron chi connectivity index (χ3n) is 3.22. The molecule has 0 aliphatic heterocycles. The summed E-state index contributed by atoms with van der Waals surface area (Å²) in [6, 6.07) is 8.76. The quantitative estimate of drug-likeness (QED) is 0.564. The lowest BCUT2D eigenvalue weighted by molar-refractivity contribution is 0.480. The molecule has 1 aromatic carbocycles. The van der Waals surface area contributed by atoms with Crippen molar-refractivity contribution in [2.45, 2.75) is 73.1 Å². The zero-order valence-electron chi connectivity index (χ0n) is 13.1. The summed E-state index contributed by atoms with van der Waals surface area (Å²) in [5.41, 5.74) is 2.80. The Balaban J connectivity index is 0.000000331. The standard InChI is InChI=1S/C10H14.C8H18/c1-3-4-10-7-5-9(2)6-8-10;1-4-6-8(3)7-5-2/h5-8H,3-4H2,1-2H3;8H,4-7H2,1-3H3. The van der Waals surface area contributed by atoms with E-state index in [9.17, 15) is 0 Å². The molecule has 0 aliphatic rings. The molecule has 0 heterocycles. The first kappa shape index (κ1) is 17.2. The van der Waals surface area contributed by atoms with Crippen LogP contribution in [0.25, 0.3) is 0 Å². The zero-order valence-corrected chi connectivity index (χ0v) is 13.1. The molecule has 18 heavy (non-hydrogen) atoms. The Kier molecular flexibility index (Phi) is 10.8. The fourth-order valence-corrected chi connectivity index (χ4v) is 2.17. The lowest BCUT2D eigenvalue weighted by atomic mass is 10.0. The first-order chi connectivity index (χ1) is 8.63. The van der Waals surface area contributed by atoms with Gasteiger partial charge in [-0.15, -0.1) is 0 Å². The van der Waals surface area contributed by atoms with Gasteiger partial charge in [0.05, 0.1) is 0 Å². The topological polar surface area (TPSA) is 0 Å². The van der Waals surface area contributed by atoms with Crippen LogP contribution < -0.4 is 0 Å². The minimum absolute atomic E-state index is 0.963. The summed E-state index contributed by atoms with van der Waals surface area (Å²) in [6.07, 6.45) is 7.97. The summed E-state index contributed by atoms with van der Waals surface area (Å²) in [6.45, 7) is 11.2. The van der Waals surface area contributed by atoms with Crippen molar-refractivity contribution >= 4 is 0 Å². The van der Waals surface area contributed by atoms with E-state index < -0.39 is 0 Å². The van der Waals surface area contributed by atoms with Gasteiger partial charge in [-0.25, -0.2) is 0 Å². The van der Waals surface area contributed by atoms with Crippen LogP contribution in [0, 0.1) is 12.8 Å². The van der Waals surface area contributed by atoms with Crippen LogP contribution in [0.5, 0.6) is 0 Å². The molecule has 0 spiro atoms. The molecule has 0 unspecified atom stereocenters. The molecule has 1 rings (SSSR count). The molecule has 0 saturated heterocycles. The van der Waals surface area contributed by atoms with Gasteiger partial charge in [0.2, 0.25) is 0 Å². The zero-order chi connectivity index (χ0) is 13.8. The van der Waals surface area contributed by atoms with Crippen molar-refractivity contribution in [3.05, 3.63) is 35.4 Å². The second-order valence-electron chi connectivity index (χ2n) is 5.42. The van der Waals surface area contributed by atoms with Crippen LogP contribution in [0.1, 0.15) is 70.9 Å². The van der Waals surface area contributed by atoms with Crippen LogP contribution in [0.4, 0.5) is 0 Å². The molecule has 0 aromatic heterocycles. The van der Waals surface area contributed by atoms with Gasteiger partial charge in [-0.1, -0.05) is 89.6 Å². The van der Waals surface area contributed by atoms with E-state index in [0.29, 0.717) is 0 Å². The fourth-order valence-electron chi connectivity index (χ4n) is 2.17. The number of hydrogen-bond donors (Lipinski definition) is 0. The van der Waals surface area contributed by atoms with Gasteiger partial charge in [-0.2, -0.15) is 0 Å². The van der Waals surface area contributed by atoms with E-state index in [0.717, 1.165) is 5.92 Å². The second kappa shape index (κ2) is 11.3. The van der Waals surface area contributed by atoms with E-state index >= 15 is 0 Å². The lowest BCUT2D eigenvalue weighted by Crippen LogP contribution is -1.91. The van der Waals surface area contributed by atoms with Crippen LogP contribution in [-0.2, 0) is 6.42 Å². The number of benzene rings is 1. The minimum atomic E-state index is 0.963. The van der Waals surface area contributed by atoms with Gasteiger partial charge < -0.3 is 0 Å². The number of aryl methyl sites for hydroxylation is 2. The lowest BCUT2D eigenvalue weighted by Gasteiger charge is -2.05. The van der Waals surface area contributed by atoms with Gasteiger partial charge in [-0.05, 0) is 24.8 Å². The van der Waals surface area contributed by atoms with Crippen molar-refractivity contribution in [1.29, 1.82) is 0 Å². The summed E-state index contributed by atoms with van der Waals surface area (Å²) in [5, 5.41) is 0. The van der Waals surface area contributed by atoms with Crippen molar-refractivity contribution in [3.63, 3.8) is 0 Å². The van der Waals surface area contributed by atoms with E-state index in [4.69, 9.17) is 0 Å². The van der Waals surface area contributed by atoms with Gasteiger partial charge in [0.1, 0.15) is 0 Å². The molecule has 0 N–H and O–H groups in total. The normalized spacial score (nSPS) is 10.1. The SMILES string of the molecule is CCCC(C)CCC.CCCc1ccc(C)cc1. The largest absolute Gasteiger partial charge is 0.0654 e. The van der Waals surface area contributed by atoms with E-state index in [1.807, 2.05) is 0 Å². The smallest absolute Gasteiger partial charge is 0.0281 e. The Morgan fingerprint density at radius 2 is 1.33 bits per heavy atom. The predicted octanol–water partition coefficient (Wildman–Crippen LogP) is 6.17. The van der Waals surface area contributed by atoms with Gasteiger partial charge in [0.25, 0.3) is 0 Å². The van der Waals surface area contributed by atoms with E-state index in [1.54, 1.807) is 0 Å². The highest BCUT2D eigenvalue weighted by atomic mass is 14.0. The molecule has 0 heteroatoms. The third kappa shape index (κ3) is 9.27. The summed E-state index contributed by atoms with van der Waals surface area (Å²) >= 11 is 0. The van der Waals surface area contributed by atoms with Crippen molar-refractivity contribution in [2.75, 3.05) is 0 Å². The molecule has 0 nitrogen and oxygen atoms in total. The van der Waals surface area contributed by atoms with Crippen molar-refractivity contribution in [1.82, 2.24) is 0 Å². The van der Waals surface area contributed by atoms with Crippen molar-refractivity contribution in [3.8, 4) is 0 Å². The Morgan fingerprint density at radius 3 is 1.72 bits per heavy atom. The summed E-state index contributed by atoms with van der Waals surface area (Å²) in [5.74, 6) is 0.963. The summed E-state index contributed by atoms with van der Waals surface area (Å²) in [4.78, 5) is 0. The molecular formula is C18H32. The Bertz CT molecular complexity index is 265.